The van der Waals surface area contributed by atoms with Crippen LogP contribution >= 0.6 is 0 Å². The van der Waals surface area contributed by atoms with Crippen molar-refractivity contribution in [3.05, 3.63) is 63.2 Å². The maximum atomic E-state index is 13.2. The molecule has 1 fully saturated rings. The Morgan fingerprint density at radius 1 is 1.09 bits per heavy atom. The van der Waals surface area contributed by atoms with Crippen LogP contribution < -0.4 is 9.47 Å². The molecule has 0 radical (unpaired) electrons. The van der Waals surface area contributed by atoms with E-state index in [1.54, 1.807) is 11.8 Å². The highest BCUT2D eigenvalue weighted by atomic mass is 16.6. The molecule has 0 unspecified atom stereocenters. The van der Waals surface area contributed by atoms with Gasteiger partial charge in [-0.25, -0.2) is 0 Å². The number of nitro groups is 1. The molecule has 0 aromatic heterocycles. The van der Waals surface area contributed by atoms with E-state index in [0.717, 1.165) is 6.54 Å². The smallest absolute Gasteiger partial charge is 0.286 e. The van der Waals surface area contributed by atoms with Gasteiger partial charge < -0.3 is 14.4 Å². The minimum absolute atomic E-state index is 0.0250. The van der Waals surface area contributed by atoms with Gasteiger partial charge in [0.2, 0.25) is 0 Å². The average molecular weight is 442 g/mol. The van der Waals surface area contributed by atoms with E-state index in [4.69, 9.17) is 9.47 Å². The minimum atomic E-state index is -0.553. The Labute approximate surface area is 188 Å². The first-order valence-corrected chi connectivity index (χ1v) is 10.9. The molecule has 8 nitrogen and oxygen atoms in total. The van der Waals surface area contributed by atoms with Crippen LogP contribution in [0.5, 0.6) is 11.5 Å². The van der Waals surface area contributed by atoms with E-state index >= 15 is 0 Å². The second-order valence-electron chi connectivity index (χ2n) is 8.17. The molecule has 1 saturated heterocycles. The van der Waals surface area contributed by atoms with E-state index < -0.39 is 4.92 Å². The molecule has 1 aliphatic rings. The standard InChI is InChI=1S/C24H31N3O5/c1-5-32-23-14-20(21(27(29)30)15-22(23)31-4)24(28)26-12-10-25(11-13-26)16-18-6-8-19(9-7-18)17(2)3/h6-9,14-15,17H,5,10-13,16H2,1-4H3. The van der Waals surface area contributed by atoms with Crippen molar-refractivity contribution in [1.29, 1.82) is 0 Å². The molecule has 0 atom stereocenters. The van der Waals surface area contributed by atoms with Crippen molar-refractivity contribution in [3.63, 3.8) is 0 Å². The van der Waals surface area contributed by atoms with Gasteiger partial charge in [-0.1, -0.05) is 38.1 Å². The van der Waals surface area contributed by atoms with E-state index in [0.29, 0.717) is 44.5 Å². The topological polar surface area (TPSA) is 85.2 Å². The molecule has 8 heteroatoms. The number of amides is 1. The van der Waals surface area contributed by atoms with Crippen LogP contribution in [0.2, 0.25) is 0 Å². The maximum Gasteiger partial charge on any atom is 0.286 e. The summed E-state index contributed by atoms with van der Waals surface area (Å²) in [6.45, 7) is 9.77. The molecule has 1 heterocycles. The van der Waals surface area contributed by atoms with Gasteiger partial charge in [-0.2, -0.15) is 0 Å². The average Bonchev–Trinajstić information content (AvgIpc) is 2.79. The summed E-state index contributed by atoms with van der Waals surface area (Å²) in [5.74, 6) is 0.709. The Balaban J connectivity index is 1.69. The summed E-state index contributed by atoms with van der Waals surface area (Å²) in [5.41, 5.74) is 2.30. The van der Waals surface area contributed by atoms with Crippen molar-refractivity contribution < 1.29 is 19.2 Å². The number of methoxy groups -OCH3 is 1. The van der Waals surface area contributed by atoms with Crippen molar-refractivity contribution in [1.82, 2.24) is 9.80 Å². The summed E-state index contributed by atoms with van der Waals surface area (Å²) >= 11 is 0. The number of nitrogens with zero attached hydrogens (tertiary/aromatic N) is 3. The Kier molecular flexibility index (Phi) is 7.69. The monoisotopic (exact) mass is 441 g/mol. The highest BCUT2D eigenvalue weighted by Gasteiger charge is 2.30. The van der Waals surface area contributed by atoms with Crippen molar-refractivity contribution >= 4 is 11.6 Å². The molecule has 0 spiro atoms. The molecular formula is C24H31N3O5. The number of benzene rings is 2. The Morgan fingerprint density at radius 3 is 2.28 bits per heavy atom. The second-order valence-corrected chi connectivity index (χ2v) is 8.17. The predicted molar refractivity (Wildman–Crippen MR) is 123 cm³/mol. The molecule has 172 valence electrons. The minimum Gasteiger partial charge on any atom is -0.493 e. The van der Waals surface area contributed by atoms with Crippen LogP contribution in [-0.2, 0) is 6.54 Å². The quantitative estimate of drug-likeness (QED) is 0.453. The molecule has 1 aliphatic heterocycles. The SMILES string of the molecule is CCOc1cc(C(=O)N2CCN(Cc3ccc(C(C)C)cc3)CC2)c([N+](=O)[O-])cc1OC. The zero-order valence-electron chi connectivity index (χ0n) is 19.2. The molecule has 0 bridgehead atoms. The fourth-order valence-electron chi connectivity index (χ4n) is 3.84. The van der Waals surface area contributed by atoms with Gasteiger partial charge in [0.1, 0.15) is 5.56 Å². The van der Waals surface area contributed by atoms with Crippen LogP contribution in [0.3, 0.4) is 0 Å². The molecule has 1 amide bonds. The van der Waals surface area contributed by atoms with Crippen LogP contribution in [-0.4, -0.2) is 60.5 Å². The van der Waals surface area contributed by atoms with Crippen LogP contribution in [0.25, 0.3) is 0 Å². The highest BCUT2D eigenvalue weighted by molar-refractivity contribution is 5.99. The number of hydrogen-bond donors (Lipinski definition) is 0. The van der Waals surface area contributed by atoms with Gasteiger partial charge in [0.25, 0.3) is 11.6 Å². The number of carbonyl (C=O) groups is 1. The summed E-state index contributed by atoms with van der Waals surface area (Å²) in [7, 11) is 1.42. The van der Waals surface area contributed by atoms with Gasteiger partial charge in [-0.15, -0.1) is 0 Å². The van der Waals surface area contributed by atoms with E-state index in [2.05, 4.69) is 43.0 Å². The molecule has 32 heavy (non-hydrogen) atoms. The van der Waals surface area contributed by atoms with E-state index in [9.17, 15) is 14.9 Å². The zero-order chi connectivity index (χ0) is 23.3. The number of piperazine rings is 1. The lowest BCUT2D eigenvalue weighted by Gasteiger charge is -2.34. The molecule has 0 N–H and O–H groups in total. The van der Waals surface area contributed by atoms with Gasteiger partial charge in [-0.05, 0) is 24.0 Å². The Hall–Kier alpha value is -3.13. The Bertz CT molecular complexity index is 951. The van der Waals surface area contributed by atoms with Crippen molar-refractivity contribution in [3.8, 4) is 11.5 Å². The molecule has 3 rings (SSSR count). The zero-order valence-corrected chi connectivity index (χ0v) is 19.2. The lowest BCUT2D eigenvalue weighted by Crippen LogP contribution is -2.48. The van der Waals surface area contributed by atoms with Crippen LogP contribution in [0.4, 0.5) is 5.69 Å². The number of hydrogen-bond acceptors (Lipinski definition) is 6. The van der Waals surface area contributed by atoms with Gasteiger partial charge in [-0.3, -0.25) is 19.8 Å². The fraction of sp³-hybridized carbons (Fsp3) is 0.458. The Morgan fingerprint density at radius 2 is 1.75 bits per heavy atom. The highest BCUT2D eigenvalue weighted by Crippen LogP contribution is 2.35. The van der Waals surface area contributed by atoms with Crippen molar-refractivity contribution in [2.75, 3.05) is 39.9 Å². The van der Waals surface area contributed by atoms with Crippen LogP contribution in [0, 0.1) is 10.1 Å². The van der Waals surface area contributed by atoms with Crippen molar-refractivity contribution in [2.45, 2.75) is 33.2 Å². The summed E-state index contributed by atoms with van der Waals surface area (Å²) in [6, 6.07) is 11.3. The predicted octanol–water partition coefficient (Wildman–Crippen LogP) is 4.08. The first kappa shape index (κ1) is 23.5. The molecule has 2 aromatic carbocycles. The summed E-state index contributed by atoms with van der Waals surface area (Å²) in [6.07, 6.45) is 0. The third-order valence-electron chi connectivity index (χ3n) is 5.72. The number of nitro benzene ring substituents is 1. The molecule has 0 saturated carbocycles. The van der Waals surface area contributed by atoms with Gasteiger partial charge in [0.15, 0.2) is 11.5 Å². The molecule has 0 aliphatic carbocycles. The maximum absolute atomic E-state index is 13.2. The second kappa shape index (κ2) is 10.5. The normalized spacial score (nSPS) is 14.5. The number of rotatable bonds is 8. The van der Waals surface area contributed by atoms with Gasteiger partial charge in [0, 0.05) is 38.8 Å². The molecular weight excluding hydrogens is 410 g/mol. The first-order chi connectivity index (χ1) is 15.3. The third-order valence-corrected chi connectivity index (χ3v) is 5.72. The largest absolute Gasteiger partial charge is 0.493 e. The van der Waals surface area contributed by atoms with E-state index in [-0.39, 0.29) is 22.9 Å². The summed E-state index contributed by atoms with van der Waals surface area (Å²) in [4.78, 5) is 28.2. The van der Waals surface area contributed by atoms with Crippen molar-refractivity contribution in [2.24, 2.45) is 0 Å². The van der Waals surface area contributed by atoms with Crippen LogP contribution in [0.15, 0.2) is 36.4 Å². The van der Waals surface area contributed by atoms with Gasteiger partial charge >= 0.3 is 0 Å². The van der Waals surface area contributed by atoms with E-state index in [1.807, 2.05) is 0 Å². The third kappa shape index (κ3) is 5.37. The number of carbonyl (C=O) groups excluding carboxylic acids is 1. The summed E-state index contributed by atoms with van der Waals surface area (Å²) in [5, 5.41) is 11.6. The van der Waals surface area contributed by atoms with E-state index in [1.165, 1.54) is 30.4 Å². The van der Waals surface area contributed by atoms with Gasteiger partial charge in [0.05, 0.1) is 24.7 Å². The summed E-state index contributed by atoms with van der Waals surface area (Å²) < 4.78 is 10.7. The molecule has 2 aromatic rings. The lowest BCUT2D eigenvalue weighted by atomic mass is 10.0. The lowest BCUT2D eigenvalue weighted by molar-refractivity contribution is -0.385. The first-order valence-electron chi connectivity index (χ1n) is 10.9. The van der Waals surface area contributed by atoms with Crippen LogP contribution in [0.1, 0.15) is 48.2 Å². The number of ether oxygens (including phenoxy) is 2. The fourth-order valence-corrected chi connectivity index (χ4v) is 3.84.